The molecule has 84 valence electrons. The molecule has 0 bridgehead atoms. The van der Waals surface area contributed by atoms with Crippen molar-refractivity contribution in [3.05, 3.63) is 24.2 Å². The van der Waals surface area contributed by atoms with Crippen molar-refractivity contribution in [2.75, 3.05) is 6.26 Å². The van der Waals surface area contributed by atoms with Gasteiger partial charge >= 0.3 is 0 Å². The zero-order valence-electron chi connectivity index (χ0n) is 9.24. The first-order valence-electron chi connectivity index (χ1n) is 5.67. The molecule has 2 rings (SSSR count). The second kappa shape index (κ2) is 5.61. The quantitative estimate of drug-likeness (QED) is 0.852. The van der Waals surface area contributed by atoms with Gasteiger partial charge < -0.3 is 9.73 Å². The second-order valence-electron chi connectivity index (χ2n) is 4.17. The molecule has 0 amide bonds. The van der Waals surface area contributed by atoms with Crippen molar-refractivity contribution in [1.29, 1.82) is 0 Å². The van der Waals surface area contributed by atoms with Gasteiger partial charge in [0.25, 0.3) is 0 Å². The zero-order valence-corrected chi connectivity index (χ0v) is 10.1. The second-order valence-corrected chi connectivity index (χ2v) is 5.31. The summed E-state index contributed by atoms with van der Waals surface area (Å²) >= 11 is 2.02. The van der Waals surface area contributed by atoms with Gasteiger partial charge in [-0.2, -0.15) is 11.8 Å². The van der Waals surface area contributed by atoms with Crippen LogP contribution in [0.3, 0.4) is 0 Å². The van der Waals surface area contributed by atoms with Crippen molar-refractivity contribution in [2.24, 2.45) is 0 Å². The molecule has 3 heteroatoms. The number of furan rings is 1. The van der Waals surface area contributed by atoms with Crippen LogP contribution in [0.2, 0.25) is 0 Å². The minimum absolute atomic E-state index is 0.693. The summed E-state index contributed by atoms with van der Waals surface area (Å²) in [5.41, 5.74) is 0. The Morgan fingerprint density at radius 1 is 1.40 bits per heavy atom. The van der Waals surface area contributed by atoms with E-state index in [0.717, 1.165) is 17.6 Å². The Balaban J connectivity index is 1.69. The van der Waals surface area contributed by atoms with Crippen LogP contribution in [0.25, 0.3) is 0 Å². The Kier molecular flexibility index (Phi) is 4.15. The van der Waals surface area contributed by atoms with E-state index in [0.29, 0.717) is 6.04 Å². The normalized spacial score (nSPS) is 26.7. The standard InChI is InChI=1S/C12H19NOS/c1-15-12-6-4-10(5-7-12)13-9-11-3-2-8-14-11/h2-3,8,10,12-13H,4-7,9H2,1H3. The fourth-order valence-corrected chi connectivity index (χ4v) is 2.90. The van der Waals surface area contributed by atoms with Gasteiger partial charge in [0.2, 0.25) is 0 Å². The Labute approximate surface area is 95.8 Å². The first-order chi connectivity index (χ1) is 7.38. The predicted molar refractivity (Wildman–Crippen MR) is 65.1 cm³/mol. The fraction of sp³-hybridized carbons (Fsp3) is 0.667. The first-order valence-corrected chi connectivity index (χ1v) is 6.96. The smallest absolute Gasteiger partial charge is 0.117 e. The highest BCUT2D eigenvalue weighted by molar-refractivity contribution is 7.99. The summed E-state index contributed by atoms with van der Waals surface area (Å²) in [7, 11) is 0. The molecule has 0 unspecified atom stereocenters. The lowest BCUT2D eigenvalue weighted by atomic mass is 9.95. The average Bonchev–Trinajstić information content (AvgIpc) is 2.80. The molecule has 1 aliphatic carbocycles. The molecule has 0 spiro atoms. The molecule has 1 aromatic rings. The monoisotopic (exact) mass is 225 g/mol. The van der Waals surface area contributed by atoms with Gasteiger partial charge in [0, 0.05) is 11.3 Å². The van der Waals surface area contributed by atoms with Crippen LogP contribution < -0.4 is 5.32 Å². The molecule has 0 radical (unpaired) electrons. The Bertz CT molecular complexity index is 265. The van der Waals surface area contributed by atoms with Crippen LogP contribution in [0, 0.1) is 0 Å². The summed E-state index contributed by atoms with van der Waals surface area (Å²) in [5.74, 6) is 1.04. The summed E-state index contributed by atoms with van der Waals surface area (Å²) in [4.78, 5) is 0. The third-order valence-corrected chi connectivity index (χ3v) is 4.29. The molecular formula is C12H19NOS. The van der Waals surface area contributed by atoms with E-state index in [4.69, 9.17) is 4.42 Å². The van der Waals surface area contributed by atoms with E-state index in [2.05, 4.69) is 11.6 Å². The third kappa shape index (κ3) is 3.28. The zero-order chi connectivity index (χ0) is 10.5. The van der Waals surface area contributed by atoms with E-state index in [1.165, 1.54) is 25.7 Å². The maximum atomic E-state index is 5.30. The molecule has 1 fully saturated rings. The number of rotatable bonds is 4. The topological polar surface area (TPSA) is 25.2 Å². The number of hydrogen-bond acceptors (Lipinski definition) is 3. The highest BCUT2D eigenvalue weighted by Gasteiger charge is 2.19. The SMILES string of the molecule is CSC1CCC(NCc2ccco2)CC1. The Morgan fingerprint density at radius 2 is 2.20 bits per heavy atom. The van der Waals surface area contributed by atoms with Crippen molar-refractivity contribution in [3.8, 4) is 0 Å². The van der Waals surface area contributed by atoms with E-state index in [9.17, 15) is 0 Å². The number of thioether (sulfide) groups is 1. The summed E-state index contributed by atoms with van der Waals surface area (Å²) in [5, 5.41) is 4.46. The molecule has 1 aliphatic rings. The highest BCUT2D eigenvalue weighted by Crippen LogP contribution is 2.26. The van der Waals surface area contributed by atoms with Gasteiger partial charge in [0.1, 0.15) is 5.76 Å². The molecule has 1 N–H and O–H groups in total. The van der Waals surface area contributed by atoms with E-state index < -0.39 is 0 Å². The first kappa shape index (κ1) is 11.1. The van der Waals surface area contributed by atoms with E-state index in [1.54, 1.807) is 6.26 Å². The van der Waals surface area contributed by atoms with E-state index >= 15 is 0 Å². The lowest BCUT2D eigenvalue weighted by molar-refractivity contribution is 0.362. The molecule has 15 heavy (non-hydrogen) atoms. The summed E-state index contributed by atoms with van der Waals surface area (Å²) in [6.45, 7) is 0.877. The van der Waals surface area contributed by atoms with Gasteiger partial charge in [-0.25, -0.2) is 0 Å². The number of hydrogen-bond donors (Lipinski definition) is 1. The average molecular weight is 225 g/mol. The van der Waals surface area contributed by atoms with Crippen LogP contribution in [0.4, 0.5) is 0 Å². The Morgan fingerprint density at radius 3 is 2.80 bits per heavy atom. The molecule has 0 atom stereocenters. The molecular weight excluding hydrogens is 206 g/mol. The van der Waals surface area contributed by atoms with Crippen LogP contribution in [-0.4, -0.2) is 17.5 Å². The lowest BCUT2D eigenvalue weighted by Crippen LogP contribution is -2.33. The van der Waals surface area contributed by atoms with Gasteiger partial charge in [-0.3, -0.25) is 0 Å². The van der Waals surface area contributed by atoms with Crippen molar-refractivity contribution in [2.45, 2.75) is 43.5 Å². The largest absolute Gasteiger partial charge is 0.468 e. The van der Waals surface area contributed by atoms with Crippen LogP contribution in [-0.2, 0) is 6.54 Å². The van der Waals surface area contributed by atoms with Crippen LogP contribution >= 0.6 is 11.8 Å². The van der Waals surface area contributed by atoms with Gasteiger partial charge in [-0.15, -0.1) is 0 Å². The molecule has 0 saturated heterocycles. The van der Waals surface area contributed by atoms with Crippen molar-refractivity contribution < 1.29 is 4.42 Å². The predicted octanol–water partition coefficient (Wildman–Crippen LogP) is 3.04. The maximum Gasteiger partial charge on any atom is 0.117 e. The van der Waals surface area contributed by atoms with Crippen molar-refractivity contribution in [3.63, 3.8) is 0 Å². The van der Waals surface area contributed by atoms with E-state index in [-0.39, 0.29) is 0 Å². The molecule has 1 heterocycles. The minimum Gasteiger partial charge on any atom is -0.468 e. The summed E-state index contributed by atoms with van der Waals surface area (Å²) in [6.07, 6.45) is 9.30. The van der Waals surface area contributed by atoms with Crippen LogP contribution in [0.5, 0.6) is 0 Å². The summed E-state index contributed by atoms with van der Waals surface area (Å²) in [6, 6.07) is 4.67. The minimum atomic E-state index is 0.693. The fourth-order valence-electron chi connectivity index (χ4n) is 2.16. The van der Waals surface area contributed by atoms with Crippen molar-refractivity contribution >= 4 is 11.8 Å². The van der Waals surface area contributed by atoms with Gasteiger partial charge in [0.15, 0.2) is 0 Å². The molecule has 2 nitrogen and oxygen atoms in total. The molecule has 1 aromatic heterocycles. The van der Waals surface area contributed by atoms with E-state index in [1.807, 2.05) is 23.9 Å². The third-order valence-electron chi connectivity index (χ3n) is 3.15. The highest BCUT2D eigenvalue weighted by atomic mass is 32.2. The lowest BCUT2D eigenvalue weighted by Gasteiger charge is -2.27. The molecule has 0 aliphatic heterocycles. The summed E-state index contributed by atoms with van der Waals surface area (Å²) < 4.78 is 5.30. The van der Waals surface area contributed by atoms with Gasteiger partial charge in [0.05, 0.1) is 12.8 Å². The van der Waals surface area contributed by atoms with Gasteiger partial charge in [-0.1, -0.05) is 0 Å². The molecule has 0 aromatic carbocycles. The van der Waals surface area contributed by atoms with Gasteiger partial charge in [-0.05, 0) is 44.1 Å². The van der Waals surface area contributed by atoms with Crippen molar-refractivity contribution in [1.82, 2.24) is 5.32 Å². The van der Waals surface area contributed by atoms with Crippen LogP contribution in [0.15, 0.2) is 22.8 Å². The maximum absolute atomic E-state index is 5.30. The molecule has 1 saturated carbocycles. The number of nitrogens with one attached hydrogen (secondary N) is 1. The Hall–Kier alpha value is -0.410. The van der Waals surface area contributed by atoms with Crippen LogP contribution in [0.1, 0.15) is 31.4 Å².